The van der Waals surface area contributed by atoms with Crippen molar-refractivity contribution in [2.75, 3.05) is 13.1 Å². The van der Waals surface area contributed by atoms with Crippen LogP contribution in [0.5, 0.6) is 0 Å². The van der Waals surface area contributed by atoms with Gasteiger partial charge in [0, 0.05) is 6.54 Å². The maximum absolute atomic E-state index is 3.37. The number of nitrogens with one attached hydrogen (secondary N) is 1. The minimum absolute atomic E-state index is 0. The predicted octanol–water partition coefficient (Wildman–Crippen LogP) is 2.49. The van der Waals surface area contributed by atoms with E-state index in [2.05, 4.69) is 41.7 Å². The summed E-state index contributed by atoms with van der Waals surface area (Å²) < 4.78 is 0. The molecule has 1 heterocycles. The predicted molar refractivity (Wildman–Crippen MR) is 59.2 cm³/mol. The molecule has 0 amide bonds. The van der Waals surface area contributed by atoms with Gasteiger partial charge >= 0.3 is 0 Å². The lowest BCUT2D eigenvalue weighted by molar-refractivity contribution is 0.739. The van der Waals surface area contributed by atoms with Crippen LogP contribution in [0.4, 0.5) is 0 Å². The van der Waals surface area contributed by atoms with E-state index in [1.165, 1.54) is 11.1 Å². The van der Waals surface area contributed by atoms with Crippen molar-refractivity contribution >= 4 is 18.0 Å². The molecule has 0 bridgehead atoms. The summed E-state index contributed by atoms with van der Waals surface area (Å²) in [5.74, 6) is 0. The van der Waals surface area contributed by atoms with Gasteiger partial charge in [-0.05, 0) is 24.1 Å². The monoisotopic (exact) mass is 195 g/mol. The summed E-state index contributed by atoms with van der Waals surface area (Å²) in [6.07, 6.45) is 3.48. The van der Waals surface area contributed by atoms with Gasteiger partial charge in [-0.1, -0.05) is 36.4 Å². The molecule has 0 spiro atoms. The van der Waals surface area contributed by atoms with E-state index in [9.17, 15) is 0 Å². The van der Waals surface area contributed by atoms with E-state index in [0.29, 0.717) is 0 Å². The second-order valence-electron chi connectivity index (χ2n) is 3.06. The molecule has 1 aliphatic rings. The van der Waals surface area contributed by atoms with Crippen LogP contribution in [0.2, 0.25) is 0 Å². The Kier molecular flexibility index (Phi) is 4.00. The first-order valence-electron chi connectivity index (χ1n) is 4.42. The molecule has 1 N–H and O–H groups in total. The SMILES string of the molecule is C1=C(c2ccccc2)CNCC1.Cl. The Labute approximate surface area is 85.3 Å². The van der Waals surface area contributed by atoms with E-state index in [1.807, 2.05) is 0 Å². The molecule has 1 aromatic carbocycles. The van der Waals surface area contributed by atoms with Gasteiger partial charge in [0.25, 0.3) is 0 Å². The summed E-state index contributed by atoms with van der Waals surface area (Å²) >= 11 is 0. The fourth-order valence-electron chi connectivity index (χ4n) is 1.52. The van der Waals surface area contributed by atoms with E-state index in [-0.39, 0.29) is 12.4 Å². The van der Waals surface area contributed by atoms with Crippen LogP contribution in [0.15, 0.2) is 36.4 Å². The molecule has 0 unspecified atom stereocenters. The van der Waals surface area contributed by atoms with Gasteiger partial charge in [0.2, 0.25) is 0 Å². The molecule has 0 aromatic heterocycles. The standard InChI is InChI=1S/C11H13N.ClH/c1-2-5-10(6-3-1)11-7-4-8-12-9-11;/h1-3,5-7,12H,4,8-9H2;1H. The highest BCUT2D eigenvalue weighted by Crippen LogP contribution is 2.15. The fraction of sp³-hybridized carbons (Fsp3) is 0.273. The lowest BCUT2D eigenvalue weighted by atomic mass is 10.0. The molecule has 0 saturated carbocycles. The molecule has 0 radical (unpaired) electrons. The molecule has 0 aliphatic carbocycles. The van der Waals surface area contributed by atoms with Crippen molar-refractivity contribution in [3.05, 3.63) is 42.0 Å². The van der Waals surface area contributed by atoms with Crippen molar-refractivity contribution in [3.8, 4) is 0 Å². The number of benzene rings is 1. The van der Waals surface area contributed by atoms with Crippen LogP contribution < -0.4 is 5.32 Å². The maximum atomic E-state index is 3.37. The van der Waals surface area contributed by atoms with Crippen LogP contribution in [0.3, 0.4) is 0 Å². The molecular weight excluding hydrogens is 182 g/mol. The van der Waals surface area contributed by atoms with Crippen LogP contribution in [0.25, 0.3) is 5.57 Å². The van der Waals surface area contributed by atoms with E-state index in [1.54, 1.807) is 0 Å². The highest BCUT2D eigenvalue weighted by atomic mass is 35.5. The molecule has 2 heteroatoms. The summed E-state index contributed by atoms with van der Waals surface area (Å²) in [5, 5.41) is 3.37. The zero-order chi connectivity index (χ0) is 8.23. The van der Waals surface area contributed by atoms with E-state index >= 15 is 0 Å². The smallest absolute Gasteiger partial charge is 0.0208 e. The molecule has 0 saturated heterocycles. The van der Waals surface area contributed by atoms with Crippen LogP contribution in [0.1, 0.15) is 12.0 Å². The van der Waals surface area contributed by atoms with E-state index < -0.39 is 0 Å². The number of hydrogen-bond acceptors (Lipinski definition) is 1. The van der Waals surface area contributed by atoms with Gasteiger partial charge in [-0.3, -0.25) is 0 Å². The summed E-state index contributed by atoms with van der Waals surface area (Å²) in [5.41, 5.74) is 2.78. The van der Waals surface area contributed by atoms with E-state index in [0.717, 1.165) is 19.5 Å². The quantitative estimate of drug-likeness (QED) is 0.726. The lowest BCUT2D eigenvalue weighted by Gasteiger charge is -2.13. The lowest BCUT2D eigenvalue weighted by Crippen LogP contribution is -2.21. The Morgan fingerprint density at radius 1 is 1.08 bits per heavy atom. The van der Waals surface area contributed by atoms with Crippen molar-refractivity contribution in [2.45, 2.75) is 6.42 Å². The Morgan fingerprint density at radius 2 is 1.85 bits per heavy atom. The zero-order valence-corrected chi connectivity index (χ0v) is 8.31. The molecular formula is C11H14ClN. The average molecular weight is 196 g/mol. The molecule has 0 atom stereocenters. The van der Waals surface area contributed by atoms with Crippen molar-refractivity contribution < 1.29 is 0 Å². The van der Waals surface area contributed by atoms with Gasteiger partial charge in [0.05, 0.1) is 0 Å². The second kappa shape index (κ2) is 5.05. The van der Waals surface area contributed by atoms with Gasteiger partial charge < -0.3 is 5.32 Å². The van der Waals surface area contributed by atoms with Crippen LogP contribution in [0, 0.1) is 0 Å². The Balaban J connectivity index is 0.000000845. The minimum atomic E-state index is 0. The summed E-state index contributed by atoms with van der Waals surface area (Å²) in [6, 6.07) is 10.6. The third-order valence-corrected chi connectivity index (χ3v) is 2.17. The Hall–Kier alpha value is -0.790. The molecule has 1 nitrogen and oxygen atoms in total. The minimum Gasteiger partial charge on any atom is -0.312 e. The maximum Gasteiger partial charge on any atom is 0.0208 e. The largest absolute Gasteiger partial charge is 0.312 e. The number of halogens is 1. The molecule has 13 heavy (non-hydrogen) atoms. The molecule has 1 aliphatic heterocycles. The number of rotatable bonds is 1. The van der Waals surface area contributed by atoms with Crippen molar-refractivity contribution in [3.63, 3.8) is 0 Å². The molecule has 70 valence electrons. The summed E-state index contributed by atoms with van der Waals surface area (Å²) in [6.45, 7) is 2.14. The third kappa shape index (κ3) is 2.58. The van der Waals surface area contributed by atoms with Crippen molar-refractivity contribution in [1.29, 1.82) is 0 Å². The topological polar surface area (TPSA) is 12.0 Å². The highest BCUT2D eigenvalue weighted by molar-refractivity contribution is 5.85. The van der Waals surface area contributed by atoms with Crippen LogP contribution in [-0.4, -0.2) is 13.1 Å². The Bertz CT molecular complexity index is 279. The third-order valence-electron chi connectivity index (χ3n) is 2.17. The highest BCUT2D eigenvalue weighted by Gasteiger charge is 2.03. The molecule has 1 aromatic rings. The van der Waals surface area contributed by atoms with Crippen LogP contribution >= 0.6 is 12.4 Å². The first-order valence-corrected chi connectivity index (χ1v) is 4.42. The first-order chi connectivity index (χ1) is 5.97. The zero-order valence-electron chi connectivity index (χ0n) is 7.49. The van der Waals surface area contributed by atoms with Gasteiger partial charge in [-0.15, -0.1) is 12.4 Å². The molecule has 0 fully saturated rings. The van der Waals surface area contributed by atoms with E-state index in [4.69, 9.17) is 0 Å². The Morgan fingerprint density at radius 3 is 2.46 bits per heavy atom. The van der Waals surface area contributed by atoms with Gasteiger partial charge in [0.1, 0.15) is 0 Å². The molecule has 2 rings (SSSR count). The number of hydrogen-bond donors (Lipinski definition) is 1. The fourth-order valence-corrected chi connectivity index (χ4v) is 1.52. The van der Waals surface area contributed by atoms with Gasteiger partial charge in [-0.2, -0.15) is 0 Å². The van der Waals surface area contributed by atoms with Crippen molar-refractivity contribution in [2.24, 2.45) is 0 Å². The first kappa shape index (κ1) is 10.3. The summed E-state index contributed by atoms with van der Waals surface area (Å²) in [4.78, 5) is 0. The van der Waals surface area contributed by atoms with Gasteiger partial charge in [0.15, 0.2) is 0 Å². The van der Waals surface area contributed by atoms with Crippen molar-refractivity contribution in [1.82, 2.24) is 5.32 Å². The second-order valence-corrected chi connectivity index (χ2v) is 3.06. The summed E-state index contributed by atoms with van der Waals surface area (Å²) in [7, 11) is 0. The average Bonchev–Trinajstić information content (AvgIpc) is 2.21. The van der Waals surface area contributed by atoms with Crippen LogP contribution in [-0.2, 0) is 0 Å². The van der Waals surface area contributed by atoms with Gasteiger partial charge in [-0.25, -0.2) is 0 Å². The normalized spacial score (nSPS) is 15.8.